The number of benzene rings is 2. The van der Waals surface area contributed by atoms with Crippen LogP contribution in [-0.4, -0.2) is 65.7 Å². The molecule has 0 unspecified atom stereocenters. The summed E-state index contributed by atoms with van der Waals surface area (Å²) in [4.78, 5) is 44.1. The normalized spacial score (nSPS) is 23.4. The summed E-state index contributed by atoms with van der Waals surface area (Å²) in [5.74, 6) is -0.488. The minimum absolute atomic E-state index is 0.0479. The smallest absolute Gasteiger partial charge is 0.264 e. The maximum atomic E-state index is 13.9. The molecule has 0 aliphatic carbocycles. The SMILES string of the molecule is COc1ccc2c(c1)[C@@](O)([C@H](C)/C=C/CC(=O)N1CCC[C@H]1CO)C(=O)N2Cc1ccc(N2CCCCC2=O)cc1. The van der Waals surface area contributed by atoms with Crippen molar-refractivity contribution in [1.29, 1.82) is 0 Å². The molecule has 5 rings (SSSR count). The Morgan fingerprint density at radius 3 is 2.61 bits per heavy atom. The highest BCUT2D eigenvalue weighted by molar-refractivity contribution is 6.07. The topological polar surface area (TPSA) is 111 Å². The number of ether oxygens (including phenoxy) is 1. The molecule has 0 aromatic heterocycles. The number of amides is 3. The Bertz CT molecular complexity index is 1330. The van der Waals surface area contributed by atoms with Gasteiger partial charge < -0.3 is 29.6 Å². The van der Waals surface area contributed by atoms with Crippen molar-refractivity contribution < 1.29 is 29.3 Å². The maximum absolute atomic E-state index is 13.9. The molecule has 218 valence electrons. The second kappa shape index (κ2) is 12.0. The first-order valence-corrected chi connectivity index (χ1v) is 14.5. The zero-order chi connectivity index (χ0) is 29.1. The summed E-state index contributed by atoms with van der Waals surface area (Å²) < 4.78 is 5.41. The molecule has 2 aromatic rings. The van der Waals surface area contributed by atoms with Crippen molar-refractivity contribution in [2.45, 2.75) is 63.6 Å². The molecular formula is C32H39N3O6. The molecular weight excluding hydrogens is 522 g/mol. The number of carbonyl (C=O) groups excluding carboxylic acids is 3. The van der Waals surface area contributed by atoms with E-state index >= 15 is 0 Å². The summed E-state index contributed by atoms with van der Waals surface area (Å²) in [6, 6.07) is 12.8. The van der Waals surface area contributed by atoms with E-state index in [1.165, 1.54) is 7.11 Å². The summed E-state index contributed by atoms with van der Waals surface area (Å²) in [6.45, 7) is 3.31. The maximum Gasteiger partial charge on any atom is 0.264 e. The van der Waals surface area contributed by atoms with Crippen LogP contribution >= 0.6 is 0 Å². The number of carbonyl (C=O) groups is 3. The third-order valence-electron chi connectivity index (χ3n) is 8.67. The summed E-state index contributed by atoms with van der Waals surface area (Å²) in [5.41, 5.74) is 0.939. The standard InChI is InChI=1S/C32H39N3O6/c1-22(7-5-10-30(38)34-18-6-8-25(34)21-36)32(40)27-19-26(41-2)15-16-28(27)35(31(32)39)20-23-11-13-24(14-12-23)33-17-4-3-9-29(33)37/h5,7,11-16,19,22,25,36,40H,3-4,6,8-10,17-18,20-21H2,1-2H3/b7-5+/t22-,25+,32+/m1/s1. The predicted octanol–water partition coefficient (Wildman–Crippen LogP) is 3.51. The predicted molar refractivity (Wildman–Crippen MR) is 155 cm³/mol. The lowest BCUT2D eigenvalue weighted by Gasteiger charge is -2.28. The van der Waals surface area contributed by atoms with Crippen LogP contribution in [0.1, 0.15) is 56.6 Å². The number of methoxy groups -OCH3 is 1. The van der Waals surface area contributed by atoms with Crippen LogP contribution in [0.25, 0.3) is 0 Å². The first-order chi connectivity index (χ1) is 19.8. The number of anilines is 2. The highest BCUT2D eigenvalue weighted by atomic mass is 16.5. The lowest BCUT2D eigenvalue weighted by Crippen LogP contribution is -2.44. The highest BCUT2D eigenvalue weighted by Gasteiger charge is 2.52. The van der Waals surface area contributed by atoms with Gasteiger partial charge >= 0.3 is 0 Å². The molecule has 2 saturated heterocycles. The van der Waals surface area contributed by atoms with Gasteiger partial charge in [0.2, 0.25) is 11.8 Å². The van der Waals surface area contributed by atoms with E-state index in [2.05, 4.69) is 0 Å². The van der Waals surface area contributed by atoms with Gasteiger partial charge in [0.05, 0.1) is 32.0 Å². The average molecular weight is 562 g/mol. The fraction of sp³-hybridized carbons (Fsp3) is 0.469. The van der Waals surface area contributed by atoms with Gasteiger partial charge in [-0.15, -0.1) is 0 Å². The molecule has 3 aliphatic rings. The third kappa shape index (κ3) is 5.48. The van der Waals surface area contributed by atoms with Crippen molar-refractivity contribution in [3.05, 3.63) is 65.7 Å². The first-order valence-electron chi connectivity index (χ1n) is 14.5. The second-order valence-electron chi connectivity index (χ2n) is 11.2. The van der Waals surface area contributed by atoms with Crippen LogP contribution in [0.2, 0.25) is 0 Å². The zero-order valence-electron chi connectivity index (χ0n) is 23.8. The number of nitrogens with zero attached hydrogens (tertiary/aromatic N) is 3. The molecule has 2 fully saturated rings. The molecule has 0 spiro atoms. The number of piperidine rings is 1. The van der Waals surface area contributed by atoms with Gasteiger partial charge in [-0.05, 0) is 61.6 Å². The molecule has 0 saturated carbocycles. The molecule has 3 amide bonds. The Morgan fingerprint density at radius 2 is 1.90 bits per heavy atom. The van der Waals surface area contributed by atoms with Crippen LogP contribution in [0.3, 0.4) is 0 Å². The van der Waals surface area contributed by atoms with Crippen LogP contribution in [-0.2, 0) is 26.5 Å². The van der Waals surface area contributed by atoms with Crippen molar-refractivity contribution in [3.8, 4) is 5.75 Å². The van der Waals surface area contributed by atoms with Gasteiger partial charge in [0.1, 0.15) is 5.75 Å². The molecule has 41 heavy (non-hydrogen) atoms. The summed E-state index contributed by atoms with van der Waals surface area (Å²) in [7, 11) is 1.54. The fourth-order valence-electron chi connectivity index (χ4n) is 6.24. The van der Waals surface area contributed by atoms with Crippen molar-refractivity contribution in [1.82, 2.24) is 4.90 Å². The number of aliphatic hydroxyl groups excluding tert-OH is 1. The van der Waals surface area contributed by atoms with Gasteiger partial charge in [0.15, 0.2) is 5.60 Å². The van der Waals surface area contributed by atoms with Crippen LogP contribution in [0, 0.1) is 5.92 Å². The average Bonchev–Trinajstić information content (AvgIpc) is 3.56. The molecule has 9 heteroatoms. The fourth-order valence-corrected chi connectivity index (χ4v) is 6.24. The zero-order valence-corrected chi connectivity index (χ0v) is 23.8. The van der Waals surface area contributed by atoms with Gasteiger partial charge in [-0.2, -0.15) is 0 Å². The van der Waals surface area contributed by atoms with E-state index in [-0.39, 0.29) is 37.4 Å². The molecule has 3 heterocycles. The van der Waals surface area contributed by atoms with E-state index in [0.29, 0.717) is 36.5 Å². The number of hydrogen-bond donors (Lipinski definition) is 2. The van der Waals surface area contributed by atoms with Crippen molar-refractivity contribution >= 4 is 29.1 Å². The van der Waals surface area contributed by atoms with E-state index < -0.39 is 17.4 Å². The van der Waals surface area contributed by atoms with Gasteiger partial charge in [-0.1, -0.05) is 31.2 Å². The van der Waals surface area contributed by atoms with Gasteiger partial charge in [0.25, 0.3) is 5.91 Å². The van der Waals surface area contributed by atoms with E-state index in [9.17, 15) is 24.6 Å². The Morgan fingerprint density at radius 1 is 1.12 bits per heavy atom. The molecule has 9 nitrogen and oxygen atoms in total. The van der Waals surface area contributed by atoms with Crippen LogP contribution in [0.4, 0.5) is 11.4 Å². The Labute approximate surface area is 241 Å². The summed E-state index contributed by atoms with van der Waals surface area (Å²) >= 11 is 0. The number of rotatable bonds is 9. The molecule has 0 bridgehead atoms. The van der Waals surface area contributed by atoms with Crippen LogP contribution in [0.5, 0.6) is 5.75 Å². The van der Waals surface area contributed by atoms with Crippen molar-refractivity contribution in [3.63, 3.8) is 0 Å². The van der Waals surface area contributed by atoms with E-state index in [1.807, 2.05) is 24.3 Å². The second-order valence-corrected chi connectivity index (χ2v) is 11.2. The minimum atomic E-state index is -1.84. The van der Waals surface area contributed by atoms with Crippen molar-refractivity contribution in [2.75, 3.05) is 36.6 Å². The Balaban J connectivity index is 1.35. The highest BCUT2D eigenvalue weighted by Crippen LogP contribution is 2.47. The van der Waals surface area contributed by atoms with Crippen LogP contribution < -0.4 is 14.5 Å². The summed E-state index contributed by atoms with van der Waals surface area (Å²) in [6.07, 6.45) is 7.69. The third-order valence-corrected chi connectivity index (χ3v) is 8.67. The van der Waals surface area contributed by atoms with E-state index in [1.54, 1.807) is 52.0 Å². The number of hydrogen-bond acceptors (Lipinski definition) is 6. The van der Waals surface area contributed by atoms with Gasteiger partial charge in [-0.25, -0.2) is 0 Å². The molecule has 3 aliphatic heterocycles. The number of fused-ring (bicyclic) bond motifs is 1. The van der Waals surface area contributed by atoms with Crippen LogP contribution in [0.15, 0.2) is 54.6 Å². The Hall–Kier alpha value is -3.69. The molecule has 2 N–H and O–H groups in total. The molecule has 0 radical (unpaired) electrons. The van der Waals surface area contributed by atoms with Gasteiger partial charge in [0, 0.05) is 43.1 Å². The van der Waals surface area contributed by atoms with Gasteiger partial charge in [-0.3, -0.25) is 14.4 Å². The lowest BCUT2D eigenvalue weighted by atomic mass is 9.83. The largest absolute Gasteiger partial charge is 0.497 e. The minimum Gasteiger partial charge on any atom is -0.497 e. The molecule has 3 atom stereocenters. The molecule has 2 aromatic carbocycles. The Kier molecular flexibility index (Phi) is 8.47. The quantitative estimate of drug-likeness (QED) is 0.454. The van der Waals surface area contributed by atoms with E-state index in [4.69, 9.17) is 4.74 Å². The lowest BCUT2D eigenvalue weighted by molar-refractivity contribution is -0.139. The first kappa shape index (κ1) is 28.8. The van der Waals surface area contributed by atoms with Crippen molar-refractivity contribution in [2.24, 2.45) is 5.92 Å². The van der Waals surface area contributed by atoms with E-state index in [0.717, 1.165) is 36.9 Å². The monoisotopic (exact) mass is 561 g/mol. The number of aliphatic hydroxyl groups is 2. The number of likely N-dealkylation sites (tertiary alicyclic amines) is 1. The summed E-state index contributed by atoms with van der Waals surface area (Å²) in [5, 5.41) is 21.5.